The molecule has 0 atom stereocenters. The second-order valence-electron chi connectivity index (χ2n) is 8.95. The predicted octanol–water partition coefficient (Wildman–Crippen LogP) is 5.98. The van der Waals surface area contributed by atoms with Gasteiger partial charge in [-0.05, 0) is 38.7 Å². The van der Waals surface area contributed by atoms with Gasteiger partial charge >= 0.3 is 6.18 Å². The van der Waals surface area contributed by atoms with E-state index in [2.05, 4.69) is 10.1 Å². The fourth-order valence-corrected chi connectivity index (χ4v) is 4.67. The number of ether oxygens (including phenoxy) is 1. The number of aromatic amines is 1. The van der Waals surface area contributed by atoms with Crippen LogP contribution in [0.15, 0.2) is 36.7 Å². The monoisotopic (exact) mass is 465 g/mol. The Bertz CT molecular complexity index is 1140. The fraction of sp³-hybridized carbons (Fsp3) is 0.435. The molecule has 2 fully saturated rings. The summed E-state index contributed by atoms with van der Waals surface area (Å²) in [6, 6.07) is 6.72. The molecule has 0 aliphatic heterocycles. The molecule has 170 valence electrons. The molecule has 0 unspecified atom stereocenters. The van der Waals surface area contributed by atoms with Gasteiger partial charge in [0.15, 0.2) is 5.69 Å². The maximum Gasteiger partial charge on any atom is 0.433 e. The van der Waals surface area contributed by atoms with Crippen LogP contribution in [-0.4, -0.2) is 31.6 Å². The molecule has 2 heterocycles. The minimum Gasteiger partial charge on any atom is -0.390 e. The first-order valence-corrected chi connectivity index (χ1v) is 11.0. The second-order valence-corrected chi connectivity index (χ2v) is 9.36. The average molecular weight is 466 g/mol. The number of aliphatic hydroxyl groups is 1. The highest BCUT2D eigenvalue weighted by Gasteiger charge is 2.46. The Labute approximate surface area is 188 Å². The van der Waals surface area contributed by atoms with Gasteiger partial charge in [-0.1, -0.05) is 29.8 Å². The Morgan fingerprint density at radius 1 is 1.22 bits per heavy atom. The van der Waals surface area contributed by atoms with Gasteiger partial charge in [-0.15, -0.1) is 0 Å². The highest BCUT2D eigenvalue weighted by molar-refractivity contribution is 6.33. The van der Waals surface area contributed by atoms with Crippen LogP contribution in [0, 0.1) is 0 Å². The predicted molar refractivity (Wildman–Crippen MR) is 114 cm³/mol. The molecule has 2 aromatic heterocycles. The molecule has 5 rings (SSSR count). The standard InChI is InChI=1S/C23H23ClF3N3O2/c1-22(31)8-13(9-22)30-21(23(25,26)27)17(11-29-30)20-18(12-32-14-6-7-14)16(10-28-20)15-4-2-3-5-19(15)24/h2-5,10-11,13-14,28,31H,6-9,12H2,1H3. The average Bonchev–Trinajstić information content (AvgIpc) is 3.26. The molecule has 0 radical (unpaired) electrons. The van der Waals surface area contributed by atoms with Gasteiger partial charge in [0.05, 0.1) is 36.2 Å². The van der Waals surface area contributed by atoms with Gasteiger partial charge in [0, 0.05) is 33.5 Å². The number of H-pyrrole nitrogens is 1. The summed E-state index contributed by atoms with van der Waals surface area (Å²) in [6.45, 7) is 1.79. The lowest BCUT2D eigenvalue weighted by molar-refractivity contribution is -0.148. The van der Waals surface area contributed by atoms with Crippen LogP contribution in [0.1, 0.15) is 49.9 Å². The number of alkyl halides is 3. The molecule has 0 amide bonds. The largest absolute Gasteiger partial charge is 0.433 e. The third kappa shape index (κ3) is 3.95. The molecule has 0 bridgehead atoms. The summed E-state index contributed by atoms with van der Waals surface area (Å²) in [5.74, 6) is 0. The molecule has 32 heavy (non-hydrogen) atoms. The Morgan fingerprint density at radius 3 is 2.56 bits per heavy atom. The molecule has 1 aromatic carbocycles. The highest BCUT2D eigenvalue weighted by atomic mass is 35.5. The van der Waals surface area contributed by atoms with Crippen LogP contribution >= 0.6 is 11.6 Å². The number of rotatable bonds is 6. The van der Waals surface area contributed by atoms with Gasteiger partial charge in [-0.3, -0.25) is 4.68 Å². The van der Waals surface area contributed by atoms with Gasteiger partial charge in [0.25, 0.3) is 0 Å². The number of benzene rings is 1. The summed E-state index contributed by atoms with van der Waals surface area (Å²) in [6.07, 6.45) is 0.806. The van der Waals surface area contributed by atoms with E-state index in [-0.39, 0.29) is 31.1 Å². The number of aromatic nitrogens is 3. The molecule has 0 saturated heterocycles. The minimum absolute atomic E-state index is 0.0308. The van der Waals surface area contributed by atoms with Crippen LogP contribution in [0.25, 0.3) is 22.4 Å². The summed E-state index contributed by atoms with van der Waals surface area (Å²) < 4.78 is 49.5. The summed E-state index contributed by atoms with van der Waals surface area (Å²) in [5.41, 5.74) is 0.559. The molecule has 2 aliphatic rings. The van der Waals surface area contributed by atoms with Crippen LogP contribution in [0.2, 0.25) is 5.02 Å². The molecular formula is C23H23ClF3N3O2. The van der Waals surface area contributed by atoms with E-state index in [0.717, 1.165) is 23.1 Å². The molecule has 2 N–H and O–H groups in total. The van der Waals surface area contributed by atoms with Crippen molar-refractivity contribution in [1.29, 1.82) is 0 Å². The zero-order valence-electron chi connectivity index (χ0n) is 17.4. The van der Waals surface area contributed by atoms with Crippen molar-refractivity contribution < 1.29 is 23.0 Å². The maximum absolute atomic E-state index is 14.2. The van der Waals surface area contributed by atoms with Gasteiger partial charge in [0.2, 0.25) is 0 Å². The van der Waals surface area contributed by atoms with Crippen molar-refractivity contribution in [3.8, 4) is 22.4 Å². The van der Waals surface area contributed by atoms with E-state index in [1.807, 2.05) is 12.1 Å². The summed E-state index contributed by atoms with van der Waals surface area (Å²) in [4.78, 5) is 3.04. The first-order chi connectivity index (χ1) is 15.1. The van der Waals surface area contributed by atoms with E-state index in [9.17, 15) is 18.3 Å². The normalized spacial score (nSPS) is 23.4. The third-order valence-electron chi connectivity index (χ3n) is 6.17. The first-order valence-electron chi connectivity index (χ1n) is 10.6. The zero-order chi connectivity index (χ0) is 22.7. The molecular weight excluding hydrogens is 443 g/mol. The van der Waals surface area contributed by atoms with E-state index >= 15 is 0 Å². The van der Waals surface area contributed by atoms with E-state index in [1.165, 1.54) is 6.20 Å². The number of nitrogens with one attached hydrogen (secondary N) is 1. The minimum atomic E-state index is -4.61. The third-order valence-corrected chi connectivity index (χ3v) is 6.50. The topological polar surface area (TPSA) is 63.1 Å². The van der Waals surface area contributed by atoms with Crippen molar-refractivity contribution >= 4 is 11.6 Å². The zero-order valence-corrected chi connectivity index (χ0v) is 18.2. The van der Waals surface area contributed by atoms with Gasteiger partial charge in [-0.25, -0.2) is 0 Å². The lowest BCUT2D eigenvalue weighted by Crippen LogP contribution is -2.43. The van der Waals surface area contributed by atoms with Gasteiger partial charge < -0.3 is 14.8 Å². The number of nitrogens with zero attached hydrogens (tertiary/aromatic N) is 2. The second kappa shape index (κ2) is 7.64. The lowest BCUT2D eigenvalue weighted by atomic mass is 9.77. The smallest absolute Gasteiger partial charge is 0.390 e. The number of hydrogen-bond acceptors (Lipinski definition) is 3. The molecule has 3 aromatic rings. The molecule has 2 aliphatic carbocycles. The van der Waals surface area contributed by atoms with E-state index in [0.29, 0.717) is 21.8 Å². The Morgan fingerprint density at radius 2 is 1.94 bits per heavy atom. The van der Waals surface area contributed by atoms with Crippen LogP contribution in [0.4, 0.5) is 13.2 Å². The maximum atomic E-state index is 14.2. The Balaban J connectivity index is 1.61. The lowest BCUT2D eigenvalue weighted by Gasteiger charge is -2.41. The number of hydrogen-bond donors (Lipinski definition) is 2. The molecule has 0 spiro atoms. The van der Waals surface area contributed by atoms with Crippen LogP contribution in [0.3, 0.4) is 0 Å². The van der Waals surface area contributed by atoms with Crippen LogP contribution in [0.5, 0.6) is 0 Å². The number of halogens is 4. The van der Waals surface area contributed by atoms with E-state index < -0.39 is 23.5 Å². The molecule has 5 nitrogen and oxygen atoms in total. The summed E-state index contributed by atoms with van der Waals surface area (Å²) in [7, 11) is 0. The molecule has 2 saturated carbocycles. The highest BCUT2D eigenvalue weighted by Crippen LogP contribution is 2.47. The van der Waals surface area contributed by atoms with Crippen molar-refractivity contribution in [3.63, 3.8) is 0 Å². The van der Waals surface area contributed by atoms with Crippen molar-refractivity contribution in [3.05, 3.63) is 52.9 Å². The van der Waals surface area contributed by atoms with E-state index in [1.54, 1.807) is 25.3 Å². The van der Waals surface area contributed by atoms with Crippen LogP contribution < -0.4 is 0 Å². The van der Waals surface area contributed by atoms with Gasteiger partial charge in [-0.2, -0.15) is 18.3 Å². The van der Waals surface area contributed by atoms with Crippen LogP contribution in [-0.2, 0) is 17.5 Å². The van der Waals surface area contributed by atoms with Gasteiger partial charge in [0.1, 0.15) is 0 Å². The first kappa shape index (κ1) is 21.6. The van der Waals surface area contributed by atoms with Crippen molar-refractivity contribution in [2.45, 2.75) is 63.1 Å². The van der Waals surface area contributed by atoms with E-state index in [4.69, 9.17) is 16.3 Å². The summed E-state index contributed by atoms with van der Waals surface area (Å²) >= 11 is 6.39. The quantitative estimate of drug-likeness (QED) is 0.470. The fourth-order valence-electron chi connectivity index (χ4n) is 4.43. The SMILES string of the molecule is CC1(O)CC(n2ncc(-c3[nH]cc(-c4ccccc4Cl)c3COC3CC3)c2C(F)(F)F)C1. The van der Waals surface area contributed by atoms with Crippen molar-refractivity contribution in [2.24, 2.45) is 0 Å². The van der Waals surface area contributed by atoms with Crippen molar-refractivity contribution in [1.82, 2.24) is 14.8 Å². The Hall–Kier alpha value is -2.29. The molecule has 9 heteroatoms. The Kier molecular flexibility index (Phi) is 5.15. The summed E-state index contributed by atoms with van der Waals surface area (Å²) in [5, 5.41) is 14.6. The van der Waals surface area contributed by atoms with Crippen molar-refractivity contribution in [2.75, 3.05) is 0 Å².